The second kappa shape index (κ2) is 8.98. The van der Waals surface area contributed by atoms with Gasteiger partial charge in [-0.3, -0.25) is 9.59 Å². The van der Waals surface area contributed by atoms with E-state index in [1.807, 2.05) is 21.6 Å². The number of carbonyl (C=O) groups is 1. The summed E-state index contributed by atoms with van der Waals surface area (Å²) >= 11 is 24.0. The molecule has 164 valence electrons. The molecule has 3 heterocycles. The largest absolute Gasteiger partial charge is 0.348 e. The Balaban J connectivity index is 1.47. The molecule has 2 bridgehead atoms. The maximum Gasteiger partial charge on any atom is 0.252 e. The van der Waals surface area contributed by atoms with Gasteiger partial charge in [-0.15, -0.1) is 0 Å². The van der Waals surface area contributed by atoms with E-state index in [1.165, 1.54) is 0 Å². The highest BCUT2D eigenvalue weighted by Gasteiger charge is 2.39. The van der Waals surface area contributed by atoms with Crippen molar-refractivity contribution in [2.24, 2.45) is 5.92 Å². The van der Waals surface area contributed by atoms with Gasteiger partial charge in [-0.2, -0.15) is 0 Å². The number of nitrogens with one attached hydrogen (secondary N) is 2. The van der Waals surface area contributed by atoms with Crippen LogP contribution in [-0.4, -0.2) is 43.5 Å². The molecular formula is C21H21Cl3N4O2S. The molecule has 1 fully saturated rings. The van der Waals surface area contributed by atoms with Gasteiger partial charge in [0.1, 0.15) is 6.17 Å². The SMILES string of the molecule is O=C(N[C@H](NC(=S)N1C[C@H]2C[C@H](C1)c1cccc(=O)n1C2)C(Cl)(Cl)Cl)c1ccccc1. The number of hydrogen-bond donors (Lipinski definition) is 2. The molecule has 2 N–H and O–H groups in total. The van der Waals surface area contributed by atoms with Crippen molar-refractivity contribution < 1.29 is 4.79 Å². The first-order valence-corrected chi connectivity index (χ1v) is 11.4. The van der Waals surface area contributed by atoms with Crippen LogP contribution in [0.25, 0.3) is 0 Å². The molecule has 1 amide bonds. The number of alkyl halides is 3. The summed E-state index contributed by atoms with van der Waals surface area (Å²) in [7, 11) is 0. The number of likely N-dealkylation sites (tertiary alicyclic amines) is 1. The van der Waals surface area contributed by atoms with Crippen LogP contribution in [0.3, 0.4) is 0 Å². The van der Waals surface area contributed by atoms with Crippen molar-refractivity contribution in [3.63, 3.8) is 0 Å². The summed E-state index contributed by atoms with van der Waals surface area (Å²) < 4.78 is 0.0386. The van der Waals surface area contributed by atoms with Crippen LogP contribution >= 0.6 is 47.0 Å². The highest BCUT2D eigenvalue weighted by Crippen LogP contribution is 2.35. The Morgan fingerprint density at radius 3 is 2.48 bits per heavy atom. The minimum absolute atomic E-state index is 0.0289. The topological polar surface area (TPSA) is 66.4 Å². The number of amides is 1. The lowest BCUT2D eigenvalue weighted by molar-refractivity contribution is 0.0932. The fourth-order valence-electron chi connectivity index (χ4n) is 4.28. The number of pyridine rings is 1. The Kier molecular flexibility index (Phi) is 6.49. The molecule has 0 aliphatic carbocycles. The van der Waals surface area contributed by atoms with Gasteiger partial charge in [-0.05, 0) is 42.8 Å². The highest BCUT2D eigenvalue weighted by molar-refractivity contribution is 7.80. The summed E-state index contributed by atoms with van der Waals surface area (Å²) in [5.74, 6) is 0.0959. The number of aromatic nitrogens is 1. The normalized spacial score (nSPS) is 21.1. The van der Waals surface area contributed by atoms with Gasteiger partial charge in [-0.25, -0.2) is 0 Å². The van der Waals surface area contributed by atoms with Crippen molar-refractivity contribution in [3.8, 4) is 0 Å². The van der Waals surface area contributed by atoms with Gasteiger partial charge >= 0.3 is 0 Å². The molecule has 2 aromatic rings. The lowest BCUT2D eigenvalue weighted by Crippen LogP contribution is -2.60. The number of hydrogen-bond acceptors (Lipinski definition) is 3. The minimum atomic E-state index is -1.82. The monoisotopic (exact) mass is 498 g/mol. The fourth-order valence-corrected chi connectivity index (χ4v) is 4.88. The van der Waals surface area contributed by atoms with Crippen LogP contribution in [0.15, 0.2) is 53.3 Å². The Labute approximate surface area is 200 Å². The van der Waals surface area contributed by atoms with Crippen molar-refractivity contribution in [2.75, 3.05) is 13.1 Å². The Hall–Kier alpha value is -1.80. The average molecular weight is 500 g/mol. The zero-order chi connectivity index (χ0) is 22.2. The first kappa shape index (κ1) is 22.4. The van der Waals surface area contributed by atoms with E-state index in [0.29, 0.717) is 30.3 Å². The number of thiocarbonyl (C=S) groups is 1. The third-order valence-electron chi connectivity index (χ3n) is 5.67. The molecule has 2 aliphatic heterocycles. The lowest BCUT2D eigenvalue weighted by atomic mass is 9.83. The Morgan fingerprint density at radius 1 is 1.03 bits per heavy atom. The van der Waals surface area contributed by atoms with Crippen LogP contribution in [0.5, 0.6) is 0 Å². The van der Waals surface area contributed by atoms with Gasteiger partial charge in [0.15, 0.2) is 5.11 Å². The molecule has 0 spiro atoms. The molecule has 6 nitrogen and oxygen atoms in total. The van der Waals surface area contributed by atoms with Crippen molar-refractivity contribution >= 4 is 58.0 Å². The van der Waals surface area contributed by atoms with Crippen molar-refractivity contribution in [1.29, 1.82) is 0 Å². The number of nitrogens with zero attached hydrogens (tertiary/aromatic N) is 2. The molecule has 3 atom stereocenters. The van der Waals surface area contributed by atoms with Crippen LogP contribution in [0.2, 0.25) is 0 Å². The number of fused-ring (bicyclic) bond motifs is 4. The second-order valence-electron chi connectivity index (χ2n) is 7.87. The van der Waals surface area contributed by atoms with Gasteiger partial charge in [0.2, 0.25) is 3.79 Å². The molecule has 0 radical (unpaired) electrons. The van der Waals surface area contributed by atoms with Crippen LogP contribution in [0.1, 0.15) is 28.4 Å². The molecular weight excluding hydrogens is 479 g/mol. The standard InChI is InChI=1S/C21H21Cl3N4O2S/c22-21(23,24)19(25-18(30)14-5-2-1-3-6-14)26-20(31)27-10-13-9-15(12-27)16-7-4-8-17(29)28(16)11-13/h1-8,13,15,19H,9-12H2,(H,25,30)(H,26,31)/t13-,15-,19-/m1/s1. The van der Waals surface area contributed by atoms with Gasteiger partial charge < -0.3 is 20.1 Å². The van der Waals surface area contributed by atoms with E-state index in [0.717, 1.165) is 12.1 Å². The summed E-state index contributed by atoms with van der Waals surface area (Å²) in [6.45, 7) is 1.98. The quantitative estimate of drug-likeness (QED) is 0.385. The molecule has 10 heteroatoms. The van der Waals surface area contributed by atoms with Gasteiger partial charge in [0.25, 0.3) is 11.5 Å². The maximum absolute atomic E-state index is 12.6. The molecule has 2 aliphatic rings. The summed E-state index contributed by atoms with van der Waals surface area (Å²) in [6.07, 6.45) is -0.0179. The van der Waals surface area contributed by atoms with E-state index in [-0.39, 0.29) is 23.3 Å². The van der Waals surface area contributed by atoms with Crippen LogP contribution in [0, 0.1) is 5.92 Å². The molecule has 31 heavy (non-hydrogen) atoms. The summed E-state index contributed by atoms with van der Waals surface area (Å²) in [6, 6.07) is 14.1. The zero-order valence-electron chi connectivity index (χ0n) is 16.4. The molecule has 1 aromatic heterocycles. The number of halogens is 3. The van der Waals surface area contributed by atoms with E-state index in [1.54, 1.807) is 36.4 Å². The summed E-state index contributed by atoms with van der Waals surface area (Å²) in [5.41, 5.74) is 1.50. The van der Waals surface area contributed by atoms with E-state index >= 15 is 0 Å². The predicted molar refractivity (Wildman–Crippen MR) is 127 cm³/mol. The van der Waals surface area contributed by atoms with Crippen LogP contribution in [0.4, 0.5) is 0 Å². The lowest BCUT2D eigenvalue weighted by Gasteiger charge is -2.44. The minimum Gasteiger partial charge on any atom is -0.348 e. The molecule has 0 saturated carbocycles. The number of benzene rings is 1. The summed E-state index contributed by atoms with van der Waals surface area (Å²) in [5, 5.41) is 6.12. The van der Waals surface area contributed by atoms with Crippen LogP contribution < -0.4 is 16.2 Å². The van der Waals surface area contributed by atoms with Gasteiger partial charge in [0.05, 0.1) is 0 Å². The maximum atomic E-state index is 12.6. The van der Waals surface area contributed by atoms with E-state index < -0.39 is 9.96 Å². The second-order valence-corrected chi connectivity index (χ2v) is 10.6. The van der Waals surface area contributed by atoms with Crippen molar-refractivity contribution in [2.45, 2.75) is 28.8 Å². The summed E-state index contributed by atoms with van der Waals surface area (Å²) in [4.78, 5) is 26.8. The van der Waals surface area contributed by atoms with Gasteiger partial charge in [0, 0.05) is 42.9 Å². The number of carbonyl (C=O) groups excluding carboxylic acids is 1. The van der Waals surface area contributed by atoms with Crippen LogP contribution in [-0.2, 0) is 6.54 Å². The third kappa shape index (κ3) is 5.00. The van der Waals surface area contributed by atoms with Crippen molar-refractivity contribution in [3.05, 3.63) is 70.1 Å². The molecule has 4 rings (SSSR count). The predicted octanol–water partition coefficient (Wildman–Crippen LogP) is 3.27. The number of rotatable bonds is 3. The first-order chi connectivity index (χ1) is 14.7. The average Bonchev–Trinajstić information content (AvgIpc) is 2.73. The van der Waals surface area contributed by atoms with E-state index in [4.69, 9.17) is 47.0 Å². The molecule has 1 aromatic carbocycles. The number of piperidine rings is 1. The van der Waals surface area contributed by atoms with E-state index in [9.17, 15) is 9.59 Å². The highest BCUT2D eigenvalue weighted by atomic mass is 35.6. The molecule has 1 saturated heterocycles. The van der Waals surface area contributed by atoms with Crippen molar-refractivity contribution in [1.82, 2.24) is 20.1 Å². The fraction of sp³-hybridized carbons (Fsp3) is 0.381. The van der Waals surface area contributed by atoms with Gasteiger partial charge in [-0.1, -0.05) is 59.1 Å². The smallest absolute Gasteiger partial charge is 0.252 e. The first-order valence-electron chi connectivity index (χ1n) is 9.90. The Bertz CT molecular complexity index is 1040. The van der Waals surface area contributed by atoms with E-state index in [2.05, 4.69) is 10.6 Å². The molecule has 0 unspecified atom stereocenters. The third-order valence-corrected chi connectivity index (χ3v) is 6.70. The Morgan fingerprint density at radius 2 is 1.77 bits per heavy atom. The zero-order valence-corrected chi connectivity index (χ0v) is 19.5.